The Morgan fingerprint density at radius 3 is 2.50 bits per heavy atom. The molecule has 1 heterocycles. The van der Waals surface area contributed by atoms with E-state index in [0.29, 0.717) is 40.8 Å². The number of imide groups is 1. The minimum absolute atomic E-state index is 0.00743. The summed E-state index contributed by atoms with van der Waals surface area (Å²) in [4.78, 5) is 38.7. The predicted molar refractivity (Wildman–Crippen MR) is 119 cm³/mol. The number of urea groups is 1. The Hall–Kier alpha value is -3.26. The first-order valence-electron chi connectivity index (χ1n) is 10.5. The molecular formula is C23H24ClN3O5. The summed E-state index contributed by atoms with van der Waals surface area (Å²) in [6.45, 7) is 0.00743. The average molecular weight is 458 g/mol. The Bertz CT molecular complexity index is 1030. The summed E-state index contributed by atoms with van der Waals surface area (Å²) in [6.07, 6.45) is 3.07. The molecule has 2 aromatic carbocycles. The first-order chi connectivity index (χ1) is 15.4. The molecule has 2 aliphatic rings. The molecule has 1 saturated carbocycles. The van der Waals surface area contributed by atoms with Gasteiger partial charge in [-0.15, -0.1) is 0 Å². The van der Waals surface area contributed by atoms with E-state index in [1.54, 1.807) is 49.6 Å². The normalized spacial score (nSPS) is 16.9. The highest BCUT2D eigenvalue weighted by Crippen LogP contribution is 2.35. The van der Waals surface area contributed by atoms with Crippen molar-refractivity contribution < 1.29 is 23.9 Å². The topological polar surface area (TPSA) is 97.0 Å². The van der Waals surface area contributed by atoms with Gasteiger partial charge in [-0.2, -0.15) is 0 Å². The summed E-state index contributed by atoms with van der Waals surface area (Å²) in [5.41, 5.74) is -0.386. The molecule has 168 valence electrons. The van der Waals surface area contributed by atoms with Crippen LogP contribution in [0, 0.1) is 0 Å². The molecular weight excluding hydrogens is 434 g/mol. The third-order valence-corrected chi connectivity index (χ3v) is 6.00. The van der Waals surface area contributed by atoms with Crippen molar-refractivity contribution in [3.05, 3.63) is 47.5 Å². The van der Waals surface area contributed by atoms with Crippen molar-refractivity contribution in [3.8, 4) is 17.2 Å². The van der Waals surface area contributed by atoms with Crippen LogP contribution in [0.5, 0.6) is 17.2 Å². The first-order valence-corrected chi connectivity index (χ1v) is 10.8. The van der Waals surface area contributed by atoms with E-state index in [-0.39, 0.29) is 24.8 Å². The summed E-state index contributed by atoms with van der Waals surface area (Å²) >= 11 is 6.10. The molecule has 1 saturated heterocycles. The SMILES string of the molecule is COc1ccc(Oc2ccc(Cl)cc2NC(=O)CCN2C(=O)NC3(CCCC3)C2=O)cc1. The number of rotatable bonds is 7. The second kappa shape index (κ2) is 9.08. The van der Waals surface area contributed by atoms with Crippen LogP contribution in [0.15, 0.2) is 42.5 Å². The Morgan fingerprint density at radius 1 is 1.12 bits per heavy atom. The maximum atomic E-state index is 12.7. The maximum absolute atomic E-state index is 12.7. The van der Waals surface area contributed by atoms with Gasteiger partial charge in [-0.3, -0.25) is 14.5 Å². The number of anilines is 1. The maximum Gasteiger partial charge on any atom is 0.325 e. The van der Waals surface area contributed by atoms with Crippen molar-refractivity contribution in [2.45, 2.75) is 37.6 Å². The monoisotopic (exact) mass is 457 g/mol. The second-order valence-electron chi connectivity index (χ2n) is 7.89. The van der Waals surface area contributed by atoms with E-state index in [9.17, 15) is 14.4 Å². The number of methoxy groups -OCH3 is 1. The number of ether oxygens (including phenoxy) is 2. The molecule has 4 rings (SSSR count). The van der Waals surface area contributed by atoms with Crippen LogP contribution in [0.4, 0.5) is 10.5 Å². The van der Waals surface area contributed by atoms with Gasteiger partial charge in [0.2, 0.25) is 5.91 Å². The van der Waals surface area contributed by atoms with Gasteiger partial charge >= 0.3 is 6.03 Å². The predicted octanol–water partition coefficient (Wildman–Crippen LogP) is 4.33. The van der Waals surface area contributed by atoms with Crippen LogP contribution in [-0.2, 0) is 9.59 Å². The number of carbonyl (C=O) groups excluding carboxylic acids is 3. The van der Waals surface area contributed by atoms with E-state index in [1.165, 1.54) is 0 Å². The average Bonchev–Trinajstić information content (AvgIpc) is 3.34. The molecule has 0 unspecified atom stereocenters. The number of hydrogen-bond donors (Lipinski definition) is 2. The second-order valence-corrected chi connectivity index (χ2v) is 8.33. The fraction of sp³-hybridized carbons (Fsp3) is 0.348. The molecule has 9 heteroatoms. The van der Waals surface area contributed by atoms with Gasteiger partial charge in [0.1, 0.15) is 17.0 Å². The highest BCUT2D eigenvalue weighted by molar-refractivity contribution is 6.31. The summed E-state index contributed by atoms with van der Waals surface area (Å²) in [7, 11) is 1.58. The van der Waals surface area contributed by atoms with Gasteiger partial charge in [-0.05, 0) is 55.3 Å². The number of carbonyl (C=O) groups is 3. The third kappa shape index (κ3) is 4.50. The van der Waals surface area contributed by atoms with E-state index in [4.69, 9.17) is 21.1 Å². The number of hydrogen-bond acceptors (Lipinski definition) is 5. The lowest BCUT2D eigenvalue weighted by molar-refractivity contribution is -0.131. The number of nitrogens with one attached hydrogen (secondary N) is 2. The molecule has 1 aliphatic heterocycles. The largest absolute Gasteiger partial charge is 0.497 e. The van der Waals surface area contributed by atoms with Crippen LogP contribution in [0.25, 0.3) is 0 Å². The molecule has 0 aromatic heterocycles. The van der Waals surface area contributed by atoms with Crippen molar-refractivity contribution in [1.29, 1.82) is 0 Å². The Labute approximate surface area is 190 Å². The van der Waals surface area contributed by atoms with Gasteiger partial charge in [-0.25, -0.2) is 4.79 Å². The Kier molecular flexibility index (Phi) is 6.23. The molecule has 1 aliphatic carbocycles. The van der Waals surface area contributed by atoms with Crippen molar-refractivity contribution in [1.82, 2.24) is 10.2 Å². The van der Waals surface area contributed by atoms with E-state index in [0.717, 1.165) is 17.7 Å². The van der Waals surface area contributed by atoms with Crippen molar-refractivity contribution >= 4 is 35.1 Å². The Balaban J connectivity index is 1.40. The summed E-state index contributed by atoms with van der Waals surface area (Å²) < 4.78 is 11.0. The molecule has 1 spiro atoms. The van der Waals surface area contributed by atoms with Crippen LogP contribution >= 0.6 is 11.6 Å². The minimum atomic E-state index is -0.778. The van der Waals surface area contributed by atoms with E-state index < -0.39 is 11.6 Å². The minimum Gasteiger partial charge on any atom is -0.497 e. The van der Waals surface area contributed by atoms with Crippen LogP contribution in [0.1, 0.15) is 32.1 Å². The van der Waals surface area contributed by atoms with Gasteiger partial charge < -0.3 is 20.1 Å². The zero-order valence-electron chi connectivity index (χ0n) is 17.7. The van der Waals surface area contributed by atoms with E-state index >= 15 is 0 Å². The molecule has 2 N–H and O–H groups in total. The lowest BCUT2D eigenvalue weighted by Crippen LogP contribution is -2.44. The van der Waals surface area contributed by atoms with Crippen molar-refractivity contribution in [3.63, 3.8) is 0 Å². The molecule has 32 heavy (non-hydrogen) atoms. The molecule has 8 nitrogen and oxygen atoms in total. The number of benzene rings is 2. The van der Waals surface area contributed by atoms with E-state index in [2.05, 4.69) is 10.6 Å². The zero-order chi connectivity index (χ0) is 22.7. The van der Waals surface area contributed by atoms with E-state index in [1.807, 2.05) is 0 Å². The lowest BCUT2D eigenvalue weighted by Gasteiger charge is -2.20. The van der Waals surface area contributed by atoms with Gasteiger partial charge in [0, 0.05) is 18.0 Å². The highest BCUT2D eigenvalue weighted by Gasteiger charge is 2.52. The van der Waals surface area contributed by atoms with Crippen LogP contribution < -0.4 is 20.1 Å². The molecule has 2 aromatic rings. The standard InChI is InChI=1S/C23H24ClN3O5/c1-31-16-5-7-17(8-6-16)32-19-9-4-15(24)14-18(19)25-20(28)10-13-27-21(29)23(26-22(27)30)11-2-3-12-23/h4-9,14H,2-3,10-13H2,1H3,(H,25,28)(H,26,30). The third-order valence-electron chi connectivity index (χ3n) is 5.77. The Morgan fingerprint density at radius 2 is 1.81 bits per heavy atom. The molecule has 0 bridgehead atoms. The van der Waals surface area contributed by atoms with Gasteiger partial charge in [0.25, 0.3) is 5.91 Å². The molecule has 0 radical (unpaired) electrons. The molecule has 4 amide bonds. The fourth-order valence-corrected chi connectivity index (χ4v) is 4.25. The first kappa shape index (κ1) is 22.0. The summed E-state index contributed by atoms with van der Waals surface area (Å²) in [5, 5.41) is 6.01. The number of halogens is 1. The lowest BCUT2D eigenvalue weighted by atomic mass is 9.98. The van der Waals surface area contributed by atoms with Crippen LogP contribution in [0.3, 0.4) is 0 Å². The quantitative estimate of drug-likeness (QED) is 0.603. The number of nitrogens with zero attached hydrogens (tertiary/aromatic N) is 1. The van der Waals surface area contributed by atoms with Gasteiger partial charge in [0.05, 0.1) is 12.8 Å². The van der Waals surface area contributed by atoms with Crippen molar-refractivity contribution in [2.75, 3.05) is 19.0 Å². The smallest absolute Gasteiger partial charge is 0.325 e. The summed E-state index contributed by atoms with van der Waals surface area (Å²) in [5.74, 6) is 1.07. The van der Waals surface area contributed by atoms with Gasteiger partial charge in [0.15, 0.2) is 5.75 Å². The summed E-state index contributed by atoms with van der Waals surface area (Å²) in [6, 6.07) is 11.5. The van der Waals surface area contributed by atoms with Crippen LogP contribution in [0.2, 0.25) is 5.02 Å². The fourth-order valence-electron chi connectivity index (χ4n) is 4.08. The van der Waals surface area contributed by atoms with Crippen molar-refractivity contribution in [2.24, 2.45) is 0 Å². The van der Waals surface area contributed by atoms with Gasteiger partial charge in [-0.1, -0.05) is 24.4 Å². The molecule has 0 atom stereocenters. The van der Waals surface area contributed by atoms with Crippen LogP contribution in [-0.4, -0.2) is 41.9 Å². The molecule has 2 fully saturated rings. The zero-order valence-corrected chi connectivity index (χ0v) is 18.4. The number of amides is 4. The highest BCUT2D eigenvalue weighted by atomic mass is 35.5.